The van der Waals surface area contributed by atoms with E-state index in [1.54, 1.807) is 12.1 Å². The van der Waals surface area contributed by atoms with Crippen LogP contribution in [0, 0.1) is 52.9 Å². The maximum absolute atomic E-state index is 14.8. The van der Waals surface area contributed by atoms with Crippen LogP contribution in [-0.4, -0.2) is 3.21 Å². The van der Waals surface area contributed by atoms with Gasteiger partial charge in [0.2, 0.25) is 0 Å². The summed E-state index contributed by atoms with van der Waals surface area (Å²) in [5, 5.41) is 0. The van der Waals surface area contributed by atoms with Crippen molar-refractivity contribution in [3.05, 3.63) is 191 Å². The second kappa shape index (κ2) is 16.8. The molecule has 64 heavy (non-hydrogen) atoms. The van der Waals surface area contributed by atoms with E-state index in [1.165, 1.54) is 46.5 Å². The SMILES string of the molecule is CCC1C=C(C(C)(C)C)C=[C]1[Zr](=[C](c1cccc(C(F)(F)F)c1)c1cccc(C(F)(F)F)c1)[c]1c(-c2c(C)cc(C)cc2C)ccc2c1Cc1cc(-c3c(C)cc(C)cc3C)ccc1-2. The molecule has 6 aromatic rings. The average molecular weight is 944 g/mol. The Kier molecular flexibility index (Phi) is 12.0. The molecule has 0 saturated heterocycles. The Hall–Kier alpha value is -4.87. The standard InChI is InChI=1S/C31H29.C15H8F6.C11H17.Zr/c1-18-11-20(3)30(21(4)12-18)24-7-9-28-26(15-24)17-27-16-25(8-10-29(27)28)31-22(5)13-19(2)14-23(31)6;16-14(17,18)12-5-1-3-10(8-12)7-11-4-2-6-13(9-11)15(19,20)21;1-5-9-6-7-10(8-9)11(2,3)4;/h7-15H,17H2,1-6H3;1-6,8-9H;7-9H,5H2,1-4H3;. The Bertz CT molecular complexity index is 2860. The topological polar surface area (TPSA) is 0 Å². The van der Waals surface area contributed by atoms with Gasteiger partial charge in [-0.3, -0.25) is 0 Å². The molecule has 8 rings (SSSR count). The molecule has 2 aliphatic rings. The van der Waals surface area contributed by atoms with Gasteiger partial charge in [0, 0.05) is 0 Å². The number of alkyl halides is 6. The molecule has 1 atom stereocenters. The number of hydrogen-bond acceptors (Lipinski definition) is 0. The van der Waals surface area contributed by atoms with E-state index in [0.29, 0.717) is 20.8 Å². The third kappa shape index (κ3) is 8.55. The third-order valence-electron chi connectivity index (χ3n) is 13.1. The van der Waals surface area contributed by atoms with Gasteiger partial charge in [-0.15, -0.1) is 0 Å². The molecule has 7 heteroatoms. The molecule has 0 amide bonds. The minimum atomic E-state index is -4.67. The zero-order valence-corrected chi connectivity index (χ0v) is 40.7. The molecule has 0 saturated carbocycles. The fourth-order valence-corrected chi connectivity index (χ4v) is 19.5. The number of benzene rings is 6. The van der Waals surface area contributed by atoms with E-state index in [0.717, 1.165) is 86.3 Å². The van der Waals surface area contributed by atoms with E-state index in [2.05, 4.69) is 136 Å². The Labute approximate surface area is 382 Å². The number of rotatable bonds is 7. The molecule has 0 heterocycles. The summed E-state index contributed by atoms with van der Waals surface area (Å²) < 4.78 is 91.5. The molecule has 0 spiro atoms. The van der Waals surface area contributed by atoms with Gasteiger partial charge < -0.3 is 0 Å². The molecule has 0 aromatic heterocycles. The van der Waals surface area contributed by atoms with Crippen LogP contribution >= 0.6 is 0 Å². The van der Waals surface area contributed by atoms with Crippen molar-refractivity contribution >= 4 is 6.48 Å². The zero-order chi connectivity index (χ0) is 46.2. The van der Waals surface area contributed by atoms with Crippen LogP contribution in [0.5, 0.6) is 0 Å². The second-order valence-electron chi connectivity index (χ2n) is 19.0. The molecule has 0 bridgehead atoms. The molecule has 2 aliphatic carbocycles. The summed E-state index contributed by atoms with van der Waals surface area (Å²) in [5.74, 6) is -0.0537. The van der Waals surface area contributed by atoms with E-state index in [4.69, 9.17) is 0 Å². The van der Waals surface area contributed by atoms with Crippen molar-refractivity contribution in [2.75, 3.05) is 0 Å². The van der Waals surface area contributed by atoms with Crippen LogP contribution in [0.4, 0.5) is 26.3 Å². The van der Waals surface area contributed by atoms with Crippen LogP contribution < -0.4 is 3.27 Å². The number of hydrogen-bond donors (Lipinski definition) is 0. The van der Waals surface area contributed by atoms with Gasteiger partial charge in [-0.2, -0.15) is 0 Å². The fraction of sp³-hybridized carbons (Fsp3) is 0.281. The normalized spacial score (nSPS) is 14.9. The summed E-state index contributed by atoms with van der Waals surface area (Å²) in [5.41, 5.74) is 15.5. The Morgan fingerprint density at radius 3 is 1.59 bits per heavy atom. The Balaban J connectivity index is 1.56. The molecular weight excluding hydrogens is 890 g/mol. The predicted octanol–water partition coefficient (Wildman–Crippen LogP) is 15.9. The van der Waals surface area contributed by atoms with Gasteiger partial charge >= 0.3 is 384 Å². The van der Waals surface area contributed by atoms with E-state index < -0.39 is 44.7 Å². The van der Waals surface area contributed by atoms with Crippen molar-refractivity contribution in [2.24, 2.45) is 11.3 Å². The number of halogens is 6. The molecule has 0 nitrogen and oxygen atoms in total. The van der Waals surface area contributed by atoms with E-state index >= 15 is 0 Å². The van der Waals surface area contributed by atoms with Crippen molar-refractivity contribution in [1.82, 2.24) is 0 Å². The summed E-state index contributed by atoms with van der Waals surface area (Å²) in [7, 11) is 0. The Morgan fingerprint density at radius 1 is 0.594 bits per heavy atom. The first-order valence-corrected chi connectivity index (χ1v) is 25.7. The minimum absolute atomic E-state index is 0.0537. The van der Waals surface area contributed by atoms with E-state index in [1.807, 2.05) is 0 Å². The first-order valence-electron chi connectivity index (χ1n) is 22.0. The van der Waals surface area contributed by atoms with Gasteiger partial charge in [0.1, 0.15) is 0 Å². The van der Waals surface area contributed by atoms with Gasteiger partial charge in [-0.1, -0.05) is 0 Å². The van der Waals surface area contributed by atoms with Crippen molar-refractivity contribution in [1.29, 1.82) is 0 Å². The quantitative estimate of drug-likeness (QED) is 0.140. The van der Waals surface area contributed by atoms with E-state index in [-0.39, 0.29) is 11.3 Å². The van der Waals surface area contributed by atoms with Crippen LogP contribution in [0.3, 0.4) is 0 Å². The molecule has 0 radical (unpaired) electrons. The van der Waals surface area contributed by atoms with Crippen molar-refractivity contribution < 1.29 is 47.6 Å². The van der Waals surface area contributed by atoms with Crippen molar-refractivity contribution in [3.8, 4) is 33.4 Å². The van der Waals surface area contributed by atoms with Gasteiger partial charge in [-0.25, -0.2) is 0 Å². The van der Waals surface area contributed by atoms with Crippen molar-refractivity contribution in [2.45, 2.75) is 94.4 Å². The summed E-state index contributed by atoms with van der Waals surface area (Å²) in [4.78, 5) is 0. The first kappa shape index (κ1) is 45.7. The predicted molar refractivity (Wildman–Crippen MR) is 249 cm³/mol. The Morgan fingerprint density at radius 2 is 1.09 bits per heavy atom. The molecule has 6 aromatic carbocycles. The number of fused-ring (bicyclic) bond motifs is 3. The summed E-state index contributed by atoms with van der Waals surface area (Å²) in [6.45, 7) is 21.3. The maximum atomic E-state index is 14.8. The summed E-state index contributed by atoms with van der Waals surface area (Å²) in [6.07, 6.45) is -3.42. The van der Waals surface area contributed by atoms with Crippen LogP contribution in [-0.2, 0) is 40.0 Å². The van der Waals surface area contributed by atoms with Crippen LogP contribution in [0.2, 0.25) is 0 Å². The zero-order valence-electron chi connectivity index (χ0n) is 38.2. The van der Waals surface area contributed by atoms with Crippen molar-refractivity contribution in [3.63, 3.8) is 0 Å². The van der Waals surface area contributed by atoms with Crippen LogP contribution in [0.1, 0.15) is 101 Å². The molecule has 1 unspecified atom stereocenters. The molecule has 0 N–H and O–H groups in total. The van der Waals surface area contributed by atoms with E-state index in [9.17, 15) is 26.3 Å². The number of aryl methyl sites for hydroxylation is 6. The molecular formula is C57H54F6Zr. The average Bonchev–Trinajstić information content (AvgIpc) is 3.81. The van der Waals surface area contributed by atoms with Crippen LogP contribution in [0.15, 0.2) is 124 Å². The van der Waals surface area contributed by atoms with Gasteiger partial charge in [-0.05, 0) is 0 Å². The van der Waals surface area contributed by atoms with Gasteiger partial charge in [0.05, 0.1) is 0 Å². The molecule has 0 fully saturated rings. The summed E-state index contributed by atoms with van der Waals surface area (Å²) in [6, 6.07) is 30.5. The van der Waals surface area contributed by atoms with Gasteiger partial charge in [0.25, 0.3) is 0 Å². The molecule has 328 valence electrons. The molecule has 0 aliphatic heterocycles. The monoisotopic (exact) mass is 942 g/mol. The van der Waals surface area contributed by atoms with Gasteiger partial charge in [0.15, 0.2) is 0 Å². The number of allylic oxidation sites excluding steroid dienone is 4. The third-order valence-corrected chi connectivity index (χ3v) is 21.1. The first-order chi connectivity index (χ1) is 30.0. The fourth-order valence-electron chi connectivity index (χ4n) is 10.4. The summed E-state index contributed by atoms with van der Waals surface area (Å²) >= 11 is -4.06. The van der Waals surface area contributed by atoms with Crippen LogP contribution in [0.25, 0.3) is 33.4 Å². The second-order valence-corrected chi connectivity index (χ2v) is 24.7.